The minimum Gasteiger partial charge on any atom is -0.493 e. The van der Waals surface area contributed by atoms with Crippen molar-refractivity contribution in [2.75, 3.05) is 12.8 Å². The molecule has 3 nitrogen and oxygen atoms in total. The van der Waals surface area contributed by atoms with E-state index in [2.05, 4.69) is 15.9 Å². The number of anilines is 1. The van der Waals surface area contributed by atoms with Crippen LogP contribution in [-0.2, 0) is 6.61 Å². The summed E-state index contributed by atoms with van der Waals surface area (Å²) in [5, 5.41) is 0. The fraction of sp³-hybridized carbons (Fsp3) is 0.143. The van der Waals surface area contributed by atoms with Gasteiger partial charge in [0, 0.05) is 15.7 Å². The van der Waals surface area contributed by atoms with Gasteiger partial charge in [0.1, 0.15) is 6.61 Å². The van der Waals surface area contributed by atoms with Crippen molar-refractivity contribution in [3.05, 3.63) is 52.5 Å². The minimum atomic E-state index is 0.396. The molecule has 0 spiro atoms. The van der Waals surface area contributed by atoms with E-state index in [-0.39, 0.29) is 0 Å². The van der Waals surface area contributed by atoms with E-state index in [1.54, 1.807) is 7.11 Å². The molecule has 0 radical (unpaired) electrons. The first-order chi connectivity index (χ1) is 8.72. The van der Waals surface area contributed by atoms with Crippen molar-refractivity contribution in [1.29, 1.82) is 0 Å². The Balaban J connectivity index is 2.16. The number of rotatable bonds is 4. The van der Waals surface area contributed by atoms with Crippen molar-refractivity contribution in [3.63, 3.8) is 0 Å². The van der Waals surface area contributed by atoms with Crippen LogP contribution in [0.5, 0.6) is 11.5 Å². The van der Waals surface area contributed by atoms with Gasteiger partial charge in [-0.05, 0) is 24.3 Å². The monoisotopic (exact) mass is 307 g/mol. The second kappa shape index (κ2) is 5.78. The number of methoxy groups -OCH3 is 1. The van der Waals surface area contributed by atoms with Crippen LogP contribution < -0.4 is 15.2 Å². The SMILES string of the molecule is COc1ccccc1OCc1c(N)cccc1Br. The van der Waals surface area contributed by atoms with E-state index in [1.807, 2.05) is 42.5 Å². The molecule has 0 fully saturated rings. The van der Waals surface area contributed by atoms with Gasteiger partial charge < -0.3 is 15.2 Å². The van der Waals surface area contributed by atoms with Crippen LogP contribution in [0.1, 0.15) is 5.56 Å². The maximum absolute atomic E-state index is 5.91. The summed E-state index contributed by atoms with van der Waals surface area (Å²) in [5.74, 6) is 1.42. The van der Waals surface area contributed by atoms with E-state index in [1.165, 1.54) is 0 Å². The van der Waals surface area contributed by atoms with Crippen molar-refractivity contribution < 1.29 is 9.47 Å². The highest BCUT2D eigenvalue weighted by molar-refractivity contribution is 9.10. The standard InChI is InChI=1S/C14H14BrNO2/c1-17-13-7-2-3-8-14(13)18-9-10-11(15)5-4-6-12(10)16/h2-8H,9,16H2,1H3. The largest absolute Gasteiger partial charge is 0.493 e. The van der Waals surface area contributed by atoms with Gasteiger partial charge in [-0.15, -0.1) is 0 Å². The van der Waals surface area contributed by atoms with Crippen molar-refractivity contribution in [2.24, 2.45) is 0 Å². The number of hydrogen-bond donors (Lipinski definition) is 1. The highest BCUT2D eigenvalue weighted by Gasteiger charge is 2.07. The van der Waals surface area contributed by atoms with E-state index in [0.29, 0.717) is 23.8 Å². The maximum Gasteiger partial charge on any atom is 0.161 e. The zero-order valence-electron chi connectivity index (χ0n) is 10.0. The first kappa shape index (κ1) is 12.8. The fourth-order valence-corrected chi connectivity index (χ4v) is 2.11. The molecular weight excluding hydrogens is 294 g/mol. The van der Waals surface area contributed by atoms with Crippen LogP contribution in [0.25, 0.3) is 0 Å². The topological polar surface area (TPSA) is 44.5 Å². The Morgan fingerprint density at radius 3 is 2.44 bits per heavy atom. The number of halogens is 1. The summed E-state index contributed by atoms with van der Waals surface area (Å²) < 4.78 is 11.9. The van der Waals surface area contributed by atoms with Crippen molar-refractivity contribution in [1.82, 2.24) is 0 Å². The van der Waals surface area contributed by atoms with Gasteiger partial charge in [0.2, 0.25) is 0 Å². The molecule has 2 aromatic rings. The number of para-hydroxylation sites is 2. The summed E-state index contributed by atoms with van der Waals surface area (Å²) in [5.41, 5.74) is 7.56. The molecule has 0 unspecified atom stereocenters. The molecule has 94 valence electrons. The second-order valence-electron chi connectivity index (χ2n) is 3.75. The van der Waals surface area contributed by atoms with Gasteiger partial charge >= 0.3 is 0 Å². The molecule has 0 heterocycles. The van der Waals surface area contributed by atoms with Gasteiger partial charge in [-0.2, -0.15) is 0 Å². The summed E-state index contributed by atoms with van der Waals surface area (Å²) in [4.78, 5) is 0. The van der Waals surface area contributed by atoms with Gasteiger partial charge in [-0.3, -0.25) is 0 Å². The second-order valence-corrected chi connectivity index (χ2v) is 4.60. The van der Waals surface area contributed by atoms with Crippen LogP contribution in [0.2, 0.25) is 0 Å². The molecule has 18 heavy (non-hydrogen) atoms. The summed E-state index contributed by atoms with van der Waals surface area (Å²) in [6.07, 6.45) is 0. The molecule has 4 heteroatoms. The minimum absolute atomic E-state index is 0.396. The Bertz CT molecular complexity index is 523. The highest BCUT2D eigenvalue weighted by Crippen LogP contribution is 2.29. The third kappa shape index (κ3) is 2.76. The normalized spacial score (nSPS) is 10.1. The molecule has 0 saturated carbocycles. The number of benzene rings is 2. The van der Waals surface area contributed by atoms with Gasteiger partial charge in [0.25, 0.3) is 0 Å². The Morgan fingerprint density at radius 1 is 1.06 bits per heavy atom. The third-order valence-electron chi connectivity index (χ3n) is 2.60. The van der Waals surface area contributed by atoms with Gasteiger partial charge in [-0.25, -0.2) is 0 Å². The van der Waals surface area contributed by atoms with Crippen LogP contribution in [0, 0.1) is 0 Å². The Labute approximate surface area is 115 Å². The Morgan fingerprint density at radius 2 is 1.78 bits per heavy atom. The molecular formula is C14H14BrNO2. The quantitative estimate of drug-likeness (QED) is 0.877. The zero-order chi connectivity index (χ0) is 13.0. The Hall–Kier alpha value is -1.68. The predicted molar refractivity (Wildman–Crippen MR) is 75.9 cm³/mol. The number of nitrogen functional groups attached to an aromatic ring is 1. The molecule has 2 N–H and O–H groups in total. The molecule has 0 amide bonds. The van der Waals surface area contributed by atoms with E-state index >= 15 is 0 Å². The maximum atomic E-state index is 5.91. The van der Waals surface area contributed by atoms with Crippen molar-refractivity contribution >= 4 is 21.6 Å². The smallest absolute Gasteiger partial charge is 0.161 e. The molecule has 0 aromatic heterocycles. The summed E-state index contributed by atoms with van der Waals surface area (Å²) in [6.45, 7) is 0.396. The third-order valence-corrected chi connectivity index (χ3v) is 3.34. The number of hydrogen-bond acceptors (Lipinski definition) is 3. The van der Waals surface area contributed by atoms with Gasteiger partial charge in [0.15, 0.2) is 11.5 Å². The molecule has 0 atom stereocenters. The first-order valence-corrected chi connectivity index (χ1v) is 6.30. The lowest BCUT2D eigenvalue weighted by Gasteiger charge is -2.12. The van der Waals surface area contributed by atoms with Crippen molar-refractivity contribution in [3.8, 4) is 11.5 Å². The highest BCUT2D eigenvalue weighted by atomic mass is 79.9. The van der Waals surface area contributed by atoms with Crippen molar-refractivity contribution in [2.45, 2.75) is 6.61 Å². The van der Waals surface area contributed by atoms with E-state index in [4.69, 9.17) is 15.2 Å². The number of ether oxygens (including phenoxy) is 2. The molecule has 2 rings (SSSR count). The van der Waals surface area contributed by atoms with E-state index < -0.39 is 0 Å². The fourth-order valence-electron chi connectivity index (χ4n) is 1.62. The van der Waals surface area contributed by atoms with Gasteiger partial charge in [-0.1, -0.05) is 34.1 Å². The molecule has 2 aromatic carbocycles. The first-order valence-electron chi connectivity index (χ1n) is 5.51. The van der Waals surface area contributed by atoms with Crippen LogP contribution in [0.3, 0.4) is 0 Å². The summed E-state index contributed by atoms with van der Waals surface area (Å²) in [6, 6.07) is 13.2. The molecule has 0 saturated heterocycles. The Kier molecular flexibility index (Phi) is 4.10. The number of nitrogens with two attached hydrogens (primary N) is 1. The molecule has 0 bridgehead atoms. The van der Waals surface area contributed by atoms with Crippen LogP contribution >= 0.6 is 15.9 Å². The lowest BCUT2D eigenvalue weighted by atomic mass is 10.2. The molecule has 0 aliphatic rings. The van der Waals surface area contributed by atoms with Crippen LogP contribution in [0.4, 0.5) is 5.69 Å². The van der Waals surface area contributed by atoms with Crippen LogP contribution in [-0.4, -0.2) is 7.11 Å². The average molecular weight is 308 g/mol. The van der Waals surface area contributed by atoms with E-state index in [9.17, 15) is 0 Å². The average Bonchev–Trinajstić information content (AvgIpc) is 2.38. The van der Waals surface area contributed by atoms with Gasteiger partial charge in [0.05, 0.1) is 7.11 Å². The van der Waals surface area contributed by atoms with E-state index in [0.717, 1.165) is 10.0 Å². The molecule has 0 aliphatic carbocycles. The summed E-state index contributed by atoms with van der Waals surface area (Å²) >= 11 is 3.46. The lowest BCUT2D eigenvalue weighted by molar-refractivity contribution is 0.284. The molecule has 0 aliphatic heterocycles. The zero-order valence-corrected chi connectivity index (χ0v) is 11.6. The lowest BCUT2D eigenvalue weighted by Crippen LogP contribution is -2.02. The van der Waals surface area contributed by atoms with Crippen LogP contribution in [0.15, 0.2) is 46.9 Å². The predicted octanol–water partition coefficient (Wildman–Crippen LogP) is 3.62. The summed E-state index contributed by atoms with van der Waals surface area (Å²) in [7, 11) is 1.62.